The van der Waals surface area contributed by atoms with Crippen LogP contribution in [0.4, 0.5) is 0 Å². The highest BCUT2D eigenvalue weighted by Crippen LogP contribution is 2.22. The predicted molar refractivity (Wildman–Crippen MR) is 109 cm³/mol. The Morgan fingerprint density at radius 3 is 2.84 bits per heavy atom. The summed E-state index contributed by atoms with van der Waals surface area (Å²) in [4.78, 5) is 18.4. The maximum Gasteiger partial charge on any atom is 0.249 e. The van der Waals surface area contributed by atoms with Crippen LogP contribution in [0.15, 0.2) is 62.9 Å². The van der Waals surface area contributed by atoms with E-state index in [0.717, 1.165) is 19.6 Å². The predicted octanol–water partition coefficient (Wildman–Crippen LogP) is 4.71. The Morgan fingerprint density at radius 1 is 1.28 bits per heavy atom. The fraction of sp³-hybridized carbons (Fsp3) is 0.158. The first kappa shape index (κ1) is 18.0. The number of terminal acetylenes is 1. The number of halogens is 1. The number of carbonyl (C=O) groups is 1. The molecule has 3 nitrogen and oxygen atoms in total. The number of carbonyl (C=O) groups excluding carboxylic acids is 1. The third-order valence-electron chi connectivity index (χ3n) is 3.44. The summed E-state index contributed by atoms with van der Waals surface area (Å²) in [5.41, 5.74) is 0.997. The van der Waals surface area contributed by atoms with Crippen molar-refractivity contribution in [2.45, 2.75) is 17.9 Å². The molecule has 0 bridgehead atoms. The minimum Gasteiger partial charge on any atom is -0.305 e. The molecule has 0 radical (unpaired) electrons. The fourth-order valence-electron chi connectivity index (χ4n) is 2.31. The second-order valence-corrected chi connectivity index (χ2v) is 8.30. The molecule has 0 saturated carbocycles. The smallest absolute Gasteiger partial charge is 0.249 e. The van der Waals surface area contributed by atoms with Gasteiger partial charge in [0.1, 0.15) is 0 Å². The molecule has 0 unspecified atom stereocenters. The summed E-state index contributed by atoms with van der Waals surface area (Å²) < 4.78 is 3.95. The lowest BCUT2D eigenvalue weighted by Crippen LogP contribution is -2.16. The number of hydrogen-bond acceptors (Lipinski definition) is 3. The van der Waals surface area contributed by atoms with E-state index in [2.05, 4.69) is 26.8 Å². The van der Waals surface area contributed by atoms with Crippen molar-refractivity contribution in [1.82, 2.24) is 4.57 Å². The zero-order valence-corrected chi connectivity index (χ0v) is 16.5. The van der Waals surface area contributed by atoms with E-state index in [1.165, 1.54) is 11.3 Å². The number of fused-ring (bicyclic) bond motifs is 1. The van der Waals surface area contributed by atoms with Crippen molar-refractivity contribution in [2.24, 2.45) is 4.99 Å². The van der Waals surface area contributed by atoms with Gasteiger partial charge >= 0.3 is 0 Å². The van der Waals surface area contributed by atoms with Crippen LogP contribution in [-0.4, -0.2) is 16.2 Å². The van der Waals surface area contributed by atoms with Gasteiger partial charge < -0.3 is 4.57 Å². The molecule has 3 aromatic rings. The highest BCUT2D eigenvalue weighted by molar-refractivity contribution is 9.10. The van der Waals surface area contributed by atoms with E-state index in [4.69, 9.17) is 6.42 Å². The average molecular weight is 431 g/mol. The first-order valence-corrected chi connectivity index (χ1v) is 10.2. The average Bonchev–Trinajstić information content (AvgIpc) is 2.92. The van der Waals surface area contributed by atoms with Crippen LogP contribution in [0.1, 0.15) is 6.42 Å². The summed E-state index contributed by atoms with van der Waals surface area (Å²) >= 11 is 6.61. The highest BCUT2D eigenvalue weighted by atomic mass is 79.9. The molecule has 2 aromatic carbocycles. The van der Waals surface area contributed by atoms with Gasteiger partial charge in [-0.3, -0.25) is 4.79 Å². The molecule has 0 aliphatic carbocycles. The molecule has 0 fully saturated rings. The minimum atomic E-state index is -0.125. The number of aromatic nitrogens is 1. The zero-order chi connectivity index (χ0) is 17.6. The van der Waals surface area contributed by atoms with E-state index in [-0.39, 0.29) is 5.91 Å². The molecule has 6 heteroatoms. The molecule has 0 aliphatic rings. The van der Waals surface area contributed by atoms with Crippen LogP contribution in [0.3, 0.4) is 0 Å². The van der Waals surface area contributed by atoms with Gasteiger partial charge in [0.15, 0.2) is 4.80 Å². The summed E-state index contributed by atoms with van der Waals surface area (Å²) in [7, 11) is 0. The molecule has 1 heterocycles. The Balaban J connectivity index is 1.78. The van der Waals surface area contributed by atoms with Crippen LogP contribution in [0.5, 0.6) is 0 Å². The van der Waals surface area contributed by atoms with Gasteiger partial charge in [-0.05, 0) is 30.3 Å². The Morgan fingerprint density at radius 2 is 2.08 bits per heavy atom. The molecule has 0 saturated heterocycles. The van der Waals surface area contributed by atoms with Crippen molar-refractivity contribution in [3.63, 3.8) is 0 Å². The summed E-state index contributed by atoms with van der Waals surface area (Å²) in [6, 6.07) is 16.0. The lowest BCUT2D eigenvalue weighted by molar-refractivity contribution is -0.117. The van der Waals surface area contributed by atoms with Gasteiger partial charge in [0.05, 0.1) is 16.8 Å². The van der Waals surface area contributed by atoms with Crippen molar-refractivity contribution in [3.8, 4) is 12.3 Å². The minimum absolute atomic E-state index is 0.125. The second-order valence-electron chi connectivity index (χ2n) is 5.20. The van der Waals surface area contributed by atoms with Crippen molar-refractivity contribution < 1.29 is 4.79 Å². The number of benzene rings is 2. The van der Waals surface area contributed by atoms with Gasteiger partial charge in [-0.25, -0.2) is 0 Å². The molecule has 0 spiro atoms. The van der Waals surface area contributed by atoms with Crippen molar-refractivity contribution in [1.29, 1.82) is 0 Å². The molecule has 25 heavy (non-hydrogen) atoms. The third-order valence-corrected chi connectivity index (χ3v) is 5.99. The van der Waals surface area contributed by atoms with Gasteiger partial charge in [0.25, 0.3) is 0 Å². The Bertz CT molecular complexity index is 1000. The molecule has 0 aliphatic heterocycles. The standard InChI is InChI=1S/C19H15BrN2OS2/c1-2-11-22-16-9-8-14(20)13-17(16)25-19(22)21-18(23)10-12-24-15-6-4-3-5-7-15/h1,3-9,13H,10-12H2. The number of rotatable bonds is 5. The maximum atomic E-state index is 12.3. The van der Waals surface area contributed by atoms with Crippen LogP contribution in [0, 0.1) is 12.3 Å². The van der Waals surface area contributed by atoms with Gasteiger partial charge in [0.2, 0.25) is 5.91 Å². The number of thiazole rings is 1. The van der Waals surface area contributed by atoms with Crippen LogP contribution >= 0.6 is 39.0 Å². The molecule has 126 valence electrons. The first-order chi connectivity index (χ1) is 12.2. The summed E-state index contributed by atoms with van der Waals surface area (Å²) in [6.45, 7) is 0.395. The monoisotopic (exact) mass is 430 g/mol. The maximum absolute atomic E-state index is 12.3. The Labute approximate surface area is 162 Å². The summed E-state index contributed by atoms with van der Waals surface area (Å²) in [5, 5.41) is 0. The topological polar surface area (TPSA) is 34.4 Å². The molecule has 0 atom stereocenters. The molecule has 3 rings (SSSR count). The van der Waals surface area contributed by atoms with Gasteiger partial charge in [0, 0.05) is 21.5 Å². The summed E-state index contributed by atoms with van der Waals surface area (Å²) in [5.74, 6) is 3.22. The van der Waals surface area contributed by atoms with Crippen molar-refractivity contribution in [3.05, 3.63) is 57.8 Å². The van der Waals surface area contributed by atoms with E-state index in [1.54, 1.807) is 11.8 Å². The Kier molecular flexibility index (Phi) is 6.14. The van der Waals surface area contributed by atoms with Gasteiger partial charge in [-0.2, -0.15) is 4.99 Å². The van der Waals surface area contributed by atoms with Crippen molar-refractivity contribution in [2.75, 3.05) is 5.75 Å². The Hall–Kier alpha value is -1.81. The van der Waals surface area contributed by atoms with E-state index in [0.29, 0.717) is 23.5 Å². The van der Waals surface area contributed by atoms with Crippen LogP contribution in [0.25, 0.3) is 10.2 Å². The number of amides is 1. The molecule has 1 amide bonds. The summed E-state index contributed by atoms with van der Waals surface area (Å²) in [6.07, 6.45) is 5.88. The van der Waals surface area contributed by atoms with Crippen molar-refractivity contribution >= 4 is 55.2 Å². The molecular formula is C19H15BrN2OS2. The van der Waals surface area contributed by atoms with Crippen LogP contribution in [0.2, 0.25) is 0 Å². The van der Waals surface area contributed by atoms with E-state index in [9.17, 15) is 4.79 Å². The van der Waals surface area contributed by atoms with E-state index < -0.39 is 0 Å². The lowest BCUT2D eigenvalue weighted by Gasteiger charge is -2.00. The second kappa shape index (κ2) is 8.52. The number of hydrogen-bond donors (Lipinski definition) is 0. The largest absolute Gasteiger partial charge is 0.305 e. The van der Waals surface area contributed by atoms with Gasteiger partial charge in [-0.1, -0.05) is 51.4 Å². The zero-order valence-electron chi connectivity index (χ0n) is 13.3. The highest BCUT2D eigenvalue weighted by Gasteiger charge is 2.08. The van der Waals surface area contributed by atoms with Crippen LogP contribution < -0.4 is 4.80 Å². The molecule has 1 aromatic heterocycles. The van der Waals surface area contributed by atoms with Gasteiger partial charge in [-0.15, -0.1) is 18.2 Å². The van der Waals surface area contributed by atoms with Crippen LogP contribution in [-0.2, 0) is 11.3 Å². The molecule has 0 N–H and O–H groups in total. The SMILES string of the molecule is C#CCn1c(=NC(=O)CCSc2ccccc2)sc2cc(Br)ccc21. The van der Waals surface area contributed by atoms with E-state index in [1.807, 2.05) is 53.1 Å². The number of nitrogens with zero attached hydrogens (tertiary/aromatic N) is 2. The number of thioether (sulfide) groups is 1. The first-order valence-electron chi connectivity index (χ1n) is 7.65. The normalized spacial score (nSPS) is 11.6. The fourth-order valence-corrected chi connectivity index (χ4v) is 4.77. The quantitative estimate of drug-likeness (QED) is 0.433. The molecular weight excluding hydrogens is 416 g/mol. The van der Waals surface area contributed by atoms with E-state index >= 15 is 0 Å². The third kappa shape index (κ3) is 4.63. The lowest BCUT2D eigenvalue weighted by atomic mass is 10.3.